The molecule has 1 amide bonds. The van der Waals surface area contributed by atoms with Gasteiger partial charge in [0.1, 0.15) is 12.4 Å². The largest absolute Gasteiger partial charge is 0.464 e. The van der Waals surface area contributed by atoms with Gasteiger partial charge in [0.05, 0.1) is 29.8 Å². The minimum Gasteiger partial charge on any atom is -0.464 e. The van der Waals surface area contributed by atoms with Gasteiger partial charge in [-0.3, -0.25) is 9.59 Å². The number of hydrogen-bond donors (Lipinski definition) is 2. The van der Waals surface area contributed by atoms with Gasteiger partial charge in [-0.05, 0) is 53.3 Å². The Morgan fingerprint density at radius 3 is 2.50 bits per heavy atom. The van der Waals surface area contributed by atoms with Gasteiger partial charge in [0, 0.05) is 18.5 Å². The summed E-state index contributed by atoms with van der Waals surface area (Å²) in [6, 6.07) is 21.5. The summed E-state index contributed by atoms with van der Waals surface area (Å²) < 4.78 is 7.21. The Bertz CT molecular complexity index is 1790. The third-order valence-electron chi connectivity index (χ3n) is 7.35. The summed E-state index contributed by atoms with van der Waals surface area (Å²) in [6.07, 6.45) is 3.46. The molecule has 0 fully saturated rings. The molecule has 0 radical (unpaired) electrons. The van der Waals surface area contributed by atoms with E-state index in [2.05, 4.69) is 54.4 Å². The SMILES string of the molecule is CCCCc1nc2cccc(C(=O)NCC(=O)OCCCCO[N+](=O)[O-])c2n1Cc1ccc(-c2ccccc2-c2nn[nH]n2)cc1. The van der Waals surface area contributed by atoms with Crippen LogP contribution in [0.3, 0.4) is 0 Å². The number of nitrogens with one attached hydrogen (secondary N) is 2. The number of imidazole rings is 1. The fraction of sp³-hybridized carbons (Fsp3) is 0.312. The minimum atomic E-state index is -0.864. The van der Waals surface area contributed by atoms with Gasteiger partial charge >= 0.3 is 5.97 Å². The lowest BCUT2D eigenvalue weighted by Crippen LogP contribution is -2.31. The molecule has 0 saturated heterocycles. The molecule has 0 bridgehead atoms. The lowest BCUT2D eigenvalue weighted by atomic mass is 9.98. The van der Waals surface area contributed by atoms with Gasteiger partial charge in [-0.25, -0.2) is 4.98 Å². The number of benzene rings is 3. The summed E-state index contributed by atoms with van der Waals surface area (Å²) in [5, 5.41) is 26.5. The maximum absolute atomic E-state index is 13.3. The van der Waals surface area contributed by atoms with Gasteiger partial charge in [0.2, 0.25) is 5.82 Å². The van der Waals surface area contributed by atoms with Crippen LogP contribution >= 0.6 is 0 Å². The van der Waals surface area contributed by atoms with Crippen molar-refractivity contribution < 1.29 is 24.3 Å². The molecule has 14 nitrogen and oxygen atoms in total. The van der Waals surface area contributed by atoms with Crippen molar-refractivity contribution in [2.45, 2.75) is 45.6 Å². The number of ether oxygens (including phenoxy) is 1. The average molecular weight is 627 g/mol. The van der Waals surface area contributed by atoms with Crippen LogP contribution in [-0.4, -0.2) is 66.9 Å². The molecule has 14 heteroatoms. The predicted molar refractivity (Wildman–Crippen MR) is 168 cm³/mol. The first kappa shape index (κ1) is 31.8. The molecule has 0 unspecified atom stereocenters. The molecular weight excluding hydrogens is 592 g/mol. The van der Waals surface area contributed by atoms with Crippen molar-refractivity contribution in [1.82, 2.24) is 35.5 Å². The number of tetrazole rings is 1. The maximum atomic E-state index is 13.3. The molecule has 0 aliphatic rings. The highest BCUT2D eigenvalue weighted by Crippen LogP contribution is 2.30. The summed E-state index contributed by atoms with van der Waals surface area (Å²) in [5.74, 6) is 0.376. The lowest BCUT2D eigenvalue weighted by molar-refractivity contribution is -0.757. The number of hydrogen-bond acceptors (Lipinski definition) is 10. The molecule has 2 aromatic heterocycles. The number of aromatic amines is 1. The number of nitrogens with zero attached hydrogens (tertiary/aromatic N) is 6. The van der Waals surface area contributed by atoms with Crippen molar-refractivity contribution >= 4 is 22.9 Å². The van der Waals surface area contributed by atoms with E-state index in [9.17, 15) is 19.7 Å². The van der Waals surface area contributed by atoms with Crippen LogP contribution in [-0.2, 0) is 27.3 Å². The van der Waals surface area contributed by atoms with Crippen molar-refractivity contribution in [2.75, 3.05) is 19.8 Å². The third kappa shape index (κ3) is 7.88. The summed E-state index contributed by atoms with van der Waals surface area (Å²) >= 11 is 0. The predicted octanol–water partition coefficient (Wildman–Crippen LogP) is 4.54. The molecule has 2 N–H and O–H groups in total. The monoisotopic (exact) mass is 626 g/mol. The molecule has 0 saturated carbocycles. The van der Waals surface area contributed by atoms with E-state index in [1.165, 1.54) is 0 Å². The summed E-state index contributed by atoms with van der Waals surface area (Å²) in [4.78, 5) is 44.9. The van der Waals surface area contributed by atoms with Crippen LogP contribution in [0.25, 0.3) is 33.5 Å². The highest BCUT2D eigenvalue weighted by atomic mass is 16.9. The molecule has 46 heavy (non-hydrogen) atoms. The molecular formula is C32H34N8O6. The standard InChI is InChI=1S/C32H34N8O6/c1-2-3-13-28-34-27-12-8-11-26(32(42)33-20-29(41)45-18-6-7-19-46-40(43)44)30(27)39(28)21-22-14-16-23(17-15-22)24-9-4-5-10-25(24)31-35-37-38-36-31/h4-5,8-12,14-17H,2-3,6-7,13,18-21H2,1H3,(H,33,42)(H,35,36,37,38). The van der Waals surface area contributed by atoms with E-state index in [1.54, 1.807) is 12.1 Å². The van der Waals surface area contributed by atoms with Crippen molar-refractivity contribution in [1.29, 1.82) is 0 Å². The van der Waals surface area contributed by atoms with Crippen molar-refractivity contribution in [3.8, 4) is 22.5 Å². The number of carbonyl (C=O) groups excluding carboxylic acids is 2. The second-order valence-electron chi connectivity index (χ2n) is 10.5. The summed E-state index contributed by atoms with van der Waals surface area (Å²) in [5.41, 5.74) is 5.67. The number of amides is 1. The zero-order valence-electron chi connectivity index (χ0n) is 25.3. The van der Waals surface area contributed by atoms with E-state index in [-0.39, 0.29) is 19.8 Å². The van der Waals surface area contributed by atoms with Gasteiger partial charge in [-0.15, -0.1) is 20.3 Å². The van der Waals surface area contributed by atoms with E-state index < -0.39 is 17.0 Å². The van der Waals surface area contributed by atoms with Gasteiger partial charge in [0.15, 0.2) is 0 Å². The highest BCUT2D eigenvalue weighted by Gasteiger charge is 2.19. The smallest absolute Gasteiger partial charge is 0.325 e. The van der Waals surface area contributed by atoms with Crippen LogP contribution in [0.2, 0.25) is 0 Å². The number of esters is 1. The fourth-order valence-electron chi connectivity index (χ4n) is 5.12. The molecule has 5 aromatic rings. The fourth-order valence-corrected chi connectivity index (χ4v) is 5.12. The molecule has 2 heterocycles. The Morgan fingerprint density at radius 1 is 0.978 bits per heavy atom. The number of rotatable bonds is 16. The molecule has 3 aromatic carbocycles. The Balaban J connectivity index is 1.32. The normalized spacial score (nSPS) is 11.0. The first-order valence-electron chi connectivity index (χ1n) is 15.1. The molecule has 5 rings (SSSR count). The Labute approximate surface area is 264 Å². The first-order chi connectivity index (χ1) is 22.4. The molecule has 238 valence electrons. The molecule has 0 atom stereocenters. The topological polar surface area (TPSA) is 180 Å². The number of aromatic nitrogens is 6. The van der Waals surface area contributed by atoms with Crippen molar-refractivity contribution in [3.63, 3.8) is 0 Å². The number of H-pyrrole nitrogens is 1. The van der Waals surface area contributed by atoms with Crippen molar-refractivity contribution in [2.24, 2.45) is 0 Å². The molecule has 0 spiro atoms. The summed E-state index contributed by atoms with van der Waals surface area (Å²) in [7, 11) is 0. The van der Waals surface area contributed by atoms with E-state index in [0.29, 0.717) is 41.8 Å². The van der Waals surface area contributed by atoms with Crippen molar-refractivity contribution in [3.05, 3.63) is 93.8 Å². The van der Waals surface area contributed by atoms with Crippen LogP contribution in [0.4, 0.5) is 0 Å². The average Bonchev–Trinajstić information content (AvgIpc) is 3.73. The number of carbonyl (C=O) groups is 2. The van der Waals surface area contributed by atoms with E-state index in [0.717, 1.165) is 47.3 Å². The Morgan fingerprint density at radius 2 is 1.76 bits per heavy atom. The quantitative estimate of drug-likeness (QED) is 0.0683. The van der Waals surface area contributed by atoms with Gasteiger partial charge in [-0.1, -0.05) is 67.9 Å². The van der Waals surface area contributed by atoms with Crippen LogP contribution < -0.4 is 5.32 Å². The lowest BCUT2D eigenvalue weighted by Gasteiger charge is -2.13. The number of para-hydroxylation sites is 1. The molecule has 0 aliphatic heterocycles. The Hall–Kier alpha value is -5.66. The number of aryl methyl sites for hydroxylation is 1. The first-order valence-corrected chi connectivity index (χ1v) is 15.1. The van der Waals surface area contributed by atoms with Crippen LogP contribution in [0.1, 0.15) is 54.4 Å². The van der Waals surface area contributed by atoms with Gasteiger partial charge < -0.3 is 19.5 Å². The van der Waals surface area contributed by atoms with E-state index in [1.807, 2.05) is 42.5 Å². The zero-order chi connectivity index (χ0) is 32.3. The minimum absolute atomic E-state index is 0.0698. The highest BCUT2D eigenvalue weighted by molar-refractivity contribution is 6.06. The zero-order valence-corrected chi connectivity index (χ0v) is 25.3. The van der Waals surface area contributed by atoms with Crippen LogP contribution in [0.5, 0.6) is 0 Å². The van der Waals surface area contributed by atoms with Crippen LogP contribution in [0, 0.1) is 10.1 Å². The number of fused-ring (bicyclic) bond motifs is 1. The second-order valence-corrected chi connectivity index (χ2v) is 10.5. The maximum Gasteiger partial charge on any atom is 0.325 e. The van der Waals surface area contributed by atoms with Gasteiger partial charge in [-0.2, -0.15) is 5.21 Å². The van der Waals surface area contributed by atoms with Crippen LogP contribution in [0.15, 0.2) is 66.7 Å². The summed E-state index contributed by atoms with van der Waals surface area (Å²) in [6.45, 7) is 2.30. The number of unbranched alkanes of at least 4 members (excludes halogenated alkanes) is 2. The van der Waals surface area contributed by atoms with Gasteiger partial charge in [0.25, 0.3) is 11.0 Å². The van der Waals surface area contributed by atoms with E-state index in [4.69, 9.17) is 9.72 Å². The third-order valence-corrected chi connectivity index (χ3v) is 7.35. The Kier molecular flexibility index (Phi) is 10.6. The second kappa shape index (κ2) is 15.4. The van der Waals surface area contributed by atoms with E-state index >= 15 is 0 Å². The molecule has 0 aliphatic carbocycles.